The Morgan fingerprint density at radius 2 is 2.38 bits per heavy atom. The van der Waals surface area contributed by atoms with Crippen molar-refractivity contribution >= 4 is 11.9 Å². The van der Waals surface area contributed by atoms with E-state index in [2.05, 4.69) is 4.98 Å². The third-order valence-electron chi connectivity index (χ3n) is 1.61. The zero-order valence-corrected chi connectivity index (χ0v) is 7.53. The Labute approximate surface area is 77.3 Å². The van der Waals surface area contributed by atoms with Gasteiger partial charge in [0.1, 0.15) is 0 Å². The number of rotatable bonds is 3. The average Bonchev–Trinajstić information content (AvgIpc) is 2.15. The van der Waals surface area contributed by atoms with Gasteiger partial charge >= 0.3 is 0 Å². The summed E-state index contributed by atoms with van der Waals surface area (Å²) in [5, 5.41) is 0. The number of hydrogen-bond acceptors (Lipinski definition) is 3. The van der Waals surface area contributed by atoms with Crippen LogP contribution in [-0.2, 0) is 0 Å². The van der Waals surface area contributed by atoms with Gasteiger partial charge in [-0.2, -0.15) is 0 Å². The fraction of sp³-hybridized carbons (Fsp3) is 0.200. The number of nitrogens with zero attached hydrogens (tertiary/aromatic N) is 1. The van der Waals surface area contributed by atoms with Gasteiger partial charge in [-0.05, 0) is 18.6 Å². The van der Waals surface area contributed by atoms with E-state index in [-0.39, 0.29) is 5.78 Å². The standard InChI is InChI=1S/C10H12N2O/c1-8(13)10-5-9(3-2-4-11)6-12-7-10/h2-3,5-7H,4,11H2,1H3. The smallest absolute Gasteiger partial charge is 0.161 e. The van der Waals surface area contributed by atoms with Crippen molar-refractivity contribution in [2.75, 3.05) is 6.54 Å². The molecule has 0 spiro atoms. The van der Waals surface area contributed by atoms with Crippen molar-refractivity contribution in [2.24, 2.45) is 5.73 Å². The lowest BCUT2D eigenvalue weighted by molar-refractivity contribution is 0.101. The third-order valence-corrected chi connectivity index (χ3v) is 1.61. The van der Waals surface area contributed by atoms with Gasteiger partial charge in [-0.25, -0.2) is 0 Å². The largest absolute Gasteiger partial charge is 0.327 e. The number of nitrogens with two attached hydrogens (primary N) is 1. The topological polar surface area (TPSA) is 56.0 Å². The van der Waals surface area contributed by atoms with E-state index in [1.165, 1.54) is 6.92 Å². The minimum Gasteiger partial charge on any atom is -0.327 e. The highest BCUT2D eigenvalue weighted by molar-refractivity contribution is 5.94. The molecule has 2 N–H and O–H groups in total. The Kier molecular flexibility index (Phi) is 3.34. The Hall–Kier alpha value is -1.48. The van der Waals surface area contributed by atoms with Crippen LogP contribution in [-0.4, -0.2) is 17.3 Å². The number of pyridine rings is 1. The second-order valence-electron chi connectivity index (χ2n) is 2.70. The molecular formula is C10H12N2O. The molecule has 0 fully saturated rings. The summed E-state index contributed by atoms with van der Waals surface area (Å²) in [7, 11) is 0. The predicted molar refractivity (Wildman–Crippen MR) is 52.3 cm³/mol. The van der Waals surface area contributed by atoms with E-state index in [0.29, 0.717) is 12.1 Å². The van der Waals surface area contributed by atoms with Gasteiger partial charge in [-0.3, -0.25) is 9.78 Å². The molecule has 0 unspecified atom stereocenters. The molecule has 0 atom stereocenters. The molecule has 0 aliphatic heterocycles. The lowest BCUT2D eigenvalue weighted by Crippen LogP contribution is -1.94. The Bertz CT molecular complexity index is 331. The first kappa shape index (κ1) is 9.61. The van der Waals surface area contributed by atoms with Crippen LogP contribution in [0.25, 0.3) is 6.08 Å². The first-order valence-corrected chi connectivity index (χ1v) is 4.06. The van der Waals surface area contributed by atoms with Gasteiger partial charge in [0.2, 0.25) is 0 Å². The van der Waals surface area contributed by atoms with E-state index in [4.69, 9.17) is 5.73 Å². The van der Waals surface area contributed by atoms with Crippen LogP contribution in [0.1, 0.15) is 22.8 Å². The summed E-state index contributed by atoms with van der Waals surface area (Å²) in [6, 6.07) is 1.79. The number of aromatic nitrogens is 1. The van der Waals surface area contributed by atoms with E-state index in [1.54, 1.807) is 18.5 Å². The summed E-state index contributed by atoms with van der Waals surface area (Å²) in [5.74, 6) is 0.0236. The van der Waals surface area contributed by atoms with Crippen molar-refractivity contribution in [3.8, 4) is 0 Å². The minimum atomic E-state index is 0.0236. The lowest BCUT2D eigenvalue weighted by Gasteiger charge is -1.96. The van der Waals surface area contributed by atoms with Crippen molar-refractivity contribution < 1.29 is 4.79 Å². The fourth-order valence-electron chi connectivity index (χ4n) is 0.946. The van der Waals surface area contributed by atoms with Crippen molar-refractivity contribution in [2.45, 2.75) is 6.92 Å². The highest BCUT2D eigenvalue weighted by atomic mass is 16.1. The van der Waals surface area contributed by atoms with Crippen molar-refractivity contribution in [3.05, 3.63) is 35.7 Å². The molecule has 68 valence electrons. The Balaban J connectivity index is 2.92. The SMILES string of the molecule is CC(=O)c1cncc(C=CCN)c1. The van der Waals surface area contributed by atoms with Crippen LogP contribution in [0.2, 0.25) is 0 Å². The van der Waals surface area contributed by atoms with Crippen LogP contribution in [0.5, 0.6) is 0 Å². The number of ketones is 1. The summed E-state index contributed by atoms with van der Waals surface area (Å²) in [6.45, 7) is 2.01. The second-order valence-corrected chi connectivity index (χ2v) is 2.70. The molecule has 0 aliphatic rings. The molecule has 3 heteroatoms. The van der Waals surface area contributed by atoms with Crippen LogP contribution >= 0.6 is 0 Å². The molecule has 13 heavy (non-hydrogen) atoms. The summed E-state index contributed by atoms with van der Waals surface area (Å²) in [6.07, 6.45) is 6.92. The summed E-state index contributed by atoms with van der Waals surface area (Å²) in [5.41, 5.74) is 6.83. The summed E-state index contributed by atoms with van der Waals surface area (Å²) >= 11 is 0. The summed E-state index contributed by atoms with van der Waals surface area (Å²) in [4.78, 5) is 14.9. The van der Waals surface area contributed by atoms with Crippen LogP contribution in [0, 0.1) is 0 Å². The third kappa shape index (κ3) is 2.80. The van der Waals surface area contributed by atoms with Gasteiger partial charge in [0.05, 0.1) is 0 Å². The molecule has 0 aliphatic carbocycles. The molecule has 3 nitrogen and oxygen atoms in total. The van der Waals surface area contributed by atoms with E-state index in [9.17, 15) is 4.79 Å². The van der Waals surface area contributed by atoms with Crippen LogP contribution in [0.3, 0.4) is 0 Å². The zero-order valence-electron chi connectivity index (χ0n) is 7.53. The molecule has 1 rings (SSSR count). The fourth-order valence-corrected chi connectivity index (χ4v) is 0.946. The molecule has 0 saturated heterocycles. The van der Waals surface area contributed by atoms with Crippen LogP contribution < -0.4 is 5.73 Å². The van der Waals surface area contributed by atoms with Gasteiger partial charge in [0, 0.05) is 24.5 Å². The number of carbonyl (C=O) groups is 1. The van der Waals surface area contributed by atoms with Crippen molar-refractivity contribution in [1.82, 2.24) is 4.98 Å². The monoisotopic (exact) mass is 176 g/mol. The first-order chi connectivity index (χ1) is 6.24. The predicted octanol–water partition coefficient (Wildman–Crippen LogP) is 1.26. The molecule has 1 aromatic heterocycles. The maximum absolute atomic E-state index is 11.0. The molecule has 1 aromatic rings. The molecule has 0 amide bonds. The Morgan fingerprint density at radius 3 is 3.00 bits per heavy atom. The second kappa shape index (κ2) is 4.52. The highest BCUT2D eigenvalue weighted by Gasteiger charge is 1.98. The maximum atomic E-state index is 11.0. The highest BCUT2D eigenvalue weighted by Crippen LogP contribution is 2.04. The van der Waals surface area contributed by atoms with E-state index < -0.39 is 0 Å². The minimum absolute atomic E-state index is 0.0236. The number of carbonyl (C=O) groups excluding carboxylic acids is 1. The molecule has 0 aromatic carbocycles. The van der Waals surface area contributed by atoms with Crippen molar-refractivity contribution in [3.63, 3.8) is 0 Å². The molecule has 0 bridgehead atoms. The van der Waals surface area contributed by atoms with Gasteiger partial charge in [-0.15, -0.1) is 0 Å². The Morgan fingerprint density at radius 1 is 1.62 bits per heavy atom. The normalized spacial score (nSPS) is 10.6. The molecule has 0 saturated carbocycles. The number of hydrogen-bond donors (Lipinski definition) is 1. The van der Waals surface area contributed by atoms with Crippen LogP contribution in [0.4, 0.5) is 0 Å². The average molecular weight is 176 g/mol. The van der Waals surface area contributed by atoms with Gasteiger partial charge < -0.3 is 5.73 Å². The first-order valence-electron chi connectivity index (χ1n) is 4.06. The van der Waals surface area contributed by atoms with Crippen LogP contribution in [0.15, 0.2) is 24.5 Å². The van der Waals surface area contributed by atoms with Gasteiger partial charge in [-0.1, -0.05) is 12.2 Å². The van der Waals surface area contributed by atoms with E-state index in [1.807, 2.05) is 12.2 Å². The van der Waals surface area contributed by atoms with Gasteiger partial charge in [0.25, 0.3) is 0 Å². The van der Waals surface area contributed by atoms with Gasteiger partial charge in [0.15, 0.2) is 5.78 Å². The lowest BCUT2D eigenvalue weighted by atomic mass is 10.1. The zero-order chi connectivity index (χ0) is 9.68. The summed E-state index contributed by atoms with van der Waals surface area (Å²) < 4.78 is 0. The molecule has 0 radical (unpaired) electrons. The van der Waals surface area contributed by atoms with Crippen molar-refractivity contribution in [1.29, 1.82) is 0 Å². The molecule has 1 heterocycles. The van der Waals surface area contributed by atoms with E-state index >= 15 is 0 Å². The molecular weight excluding hydrogens is 164 g/mol. The van der Waals surface area contributed by atoms with E-state index in [0.717, 1.165) is 5.56 Å². The number of Topliss-reactive ketones (excluding diaryl/α,β-unsaturated/α-hetero) is 1. The maximum Gasteiger partial charge on any atom is 0.161 e. The quantitative estimate of drug-likeness (QED) is 0.705.